The molecule has 1 nitrogen and oxygen atoms in total. The summed E-state index contributed by atoms with van der Waals surface area (Å²) in [5.41, 5.74) is 1.15. The molecule has 0 radical (unpaired) electrons. The zero-order chi connectivity index (χ0) is 11.9. The van der Waals surface area contributed by atoms with E-state index in [9.17, 15) is 0 Å². The van der Waals surface area contributed by atoms with Crippen LogP contribution in [0.5, 0.6) is 0 Å². The second-order valence-corrected chi connectivity index (χ2v) is 4.86. The third-order valence-electron chi connectivity index (χ3n) is 3.27. The fraction of sp³-hybridized carbons (Fsp3) is 0.500. The van der Waals surface area contributed by atoms with Crippen molar-refractivity contribution in [2.24, 2.45) is 5.92 Å². The van der Waals surface area contributed by atoms with Crippen LogP contribution in [0.25, 0.3) is 0 Å². The Labute approximate surface area is 105 Å². The van der Waals surface area contributed by atoms with Gasteiger partial charge < -0.3 is 5.32 Å². The summed E-state index contributed by atoms with van der Waals surface area (Å²) in [5, 5.41) is 3.41. The standard InChI is InChI=1S/C16H21N/c1-14(17-16-10-6-3-7-11-16)12-13-15-8-4-2-5-9-15/h3,6-7,10-11,14-15,17H,2,4-5,8-9H2,1H3/t14-/m1/s1. The number of benzene rings is 1. The van der Waals surface area contributed by atoms with Crippen molar-refractivity contribution in [1.29, 1.82) is 0 Å². The van der Waals surface area contributed by atoms with E-state index in [4.69, 9.17) is 0 Å². The summed E-state index contributed by atoms with van der Waals surface area (Å²) in [5.74, 6) is 7.41. The molecule has 1 atom stereocenters. The van der Waals surface area contributed by atoms with Crippen molar-refractivity contribution in [3.05, 3.63) is 30.3 Å². The Hall–Kier alpha value is -1.42. The van der Waals surface area contributed by atoms with Crippen LogP contribution in [0.2, 0.25) is 0 Å². The van der Waals surface area contributed by atoms with E-state index in [1.165, 1.54) is 32.1 Å². The zero-order valence-electron chi connectivity index (χ0n) is 10.6. The fourth-order valence-corrected chi connectivity index (χ4v) is 2.31. The van der Waals surface area contributed by atoms with E-state index in [2.05, 4.69) is 36.2 Å². The van der Waals surface area contributed by atoms with Crippen LogP contribution >= 0.6 is 0 Å². The van der Waals surface area contributed by atoms with Gasteiger partial charge in [-0.05, 0) is 31.9 Å². The molecule has 1 aliphatic carbocycles. The summed E-state index contributed by atoms with van der Waals surface area (Å²) in [4.78, 5) is 0. The Kier molecular flexibility index (Phi) is 4.50. The smallest absolute Gasteiger partial charge is 0.0848 e. The Morgan fingerprint density at radius 3 is 2.53 bits per heavy atom. The summed E-state index contributed by atoms with van der Waals surface area (Å²) < 4.78 is 0. The molecule has 17 heavy (non-hydrogen) atoms. The third-order valence-corrected chi connectivity index (χ3v) is 3.27. The minimum absolute atomic E-state index is 0.235. The predicted molar refractivity (Wildman–Crippen MR) is 73.9 cm³/mol. The van der Waals surface area contributed by atoms with E-state index < -0.39 is 0 Å². The van der Waals surface area contributed by atoms with Gasteiger partial charge in [-0.25, -0.2) is 0 Å². The van der Waals surface area contributed by atoms with Gasteiger partial charge in [0, 0.05) is 11.6 Å². The minimum atomic E-state index is 0.235. The number of nitrogens with one attached hydrogen (secondary N) is 1. The summed E-state index contributed by atoms with van der Waals surface area (Å²) in [7, 11) is 0. The highest BCUT2D eigenvalue weighted by Gasteiger charge is 2.10. The zero-order valence-corrected chi connectivity index (χ0v) is 10.6. The molecule has 1 aromatic carbocycles. The Morgan fingerprint density at radius 1 is 1.12 bits per heavy atom. The van der Waals surface area contributed by atoms with E-state index >= 15 is 0 Å². The van der Waals surface area contributed by atoms with Gasteiger partial charge in [0.25, 0.3) is 0 Å². The molecule has 0 heterocycles. The highest BCUT2D eigenvalue weighted by molar-refractivity contribution is 5.45. The lowest BCUT2D eigenvalue weighted by Gasteiger charge is -2.16. The van der Waals surface area contributed by atoms with Crippen LogP contribution in [0.4, 0.5) is 5.69 Å². The van der Waals surface area contributed by atoms with Crippen LogP contribution < -0.4 is 5.32 Å². The maximum Gasteiger partial charge on any atom is 0.0848 e. The molecule has 0 aromatic heterocycles. The Balaban J connectivity index is 1.84. The molecule has 1 aromatic rings. The molecule has 1 heteroatoms. The van der Waals surface area contributed by atoms with Crippen molar-refractivity contribution < 1.29 is 0 Å². The molecule has 1 aliphatic rings. The molecule has 0 saturated heterocycles. The van der Waals surface area contributed by atoms with Gasteiger partial charge in [-0.15, -0.1) is 0 Å². The van der Waals surface area contributed by atoms with Gasteiger partial charge in [0.05, 0.1) is 6.04 Å². The van der Waals surface area contributed by atoms with Crippen LogP contribution in [0, 0.1) is 17.8 Å². The number of hydrogen-bond donors (Lipinski definition) is 1. The highest BCUT2D eigenvalue weighted by atomic mass is 14.9. The normalized spacial score (nSPS) is 17.9. The first-order valence-corrected chi connectivity index (χ1v) is 6.67. The molecule has 0 amide bonds. The van der Waals surface area contributed by atoms with Crippen LogP contribution in [0.15, 0.2) is 30.3 Å². The molecule has 2 rings (SSSR count). The van der Waals surface area contributed by atoms with Gasteiger partial charge in [0.2, 0.25) is 0 Å². The van der Waals surface area contributed by atoms with Crippen molar-refractivity contribution in [2.45, 2.75) is 45.1 Å². The predicted octanol–water partition coefficient (Wildman–Crippen LogP) is 4.07. The first-order valence-electron chi connectivity index (χ1n) is 6.67. The van der Waals surface area contributed by atoms with Crippen molar-refractivity contribution in [1.82, 2.24) is 0 Å². The molecule has 0 aliphatic heterocycles. The maximum absolute atomic E-state index is 3.43. The summed E-state index contributed by atoms with van der Waals surface area (Å²) in [6.07, 6.45) is 6.71. The summed E-state index contributed by atoms with van der Waals surface area (Å²) in [6.45, 7) is 2.13. The molecule has 0 bridgehead atoms. The van der Waals surface area contributed by atoms with Crippen LogP contribution in [0.3, 0.4) is 0 Å². The molecular formula is C16H21N. The Morgan fingerprint density at radius 2 is 1.82 bits per heavy atom. The minimum Gasteiger partial charge on any atom is -0.372 e. The van der Waals surface area contributed by atoms with Crippen molar-refractivity contribution >= 4 is 5.69 Å². The number of hydrogen-bond acceptors (Lipinski definition) is 1. The van der Waals surface area contributed by atoms with Gasteiger partial charge in [0.15, 0.2) is 0 Å². The molecule has 0 unspecified atom stereocenters. The first kappa shape index (κ1) is 12.0. The molecule has 1 saturated carbocycles. The van der Waals surface area contributed by atoms with E-state index in [1.807, 2.05) is 18.2 Å². The topological polar surface area (TPSA) is 12.0 Å². The largest absolute Gasteiger partial charge is 0.372 e. The quantitative estimate of drug-likeness (QED) is 0.751. The lowest BCUT2D eigenvalue weighted by molar-refractivity contribution is 0.430. The second-order valence-electron chi connectivity index (χ2n) is 4.86. The van der Waals surface area contributed by atoms with Crippen LogP contribution in [-0.4, -0.2) is 6.04 Å². The van der Waals surface area contributed by atoms with E-state index in [0.29, 0.717) is 5.92 Å². The van der Waals surface area contributed by atoms with Crippen molar-refractivity contribution in [3.63, 3.8) is 0 Å². The van der Waals surface area contributed by atoms with Crippen LogP contribution in [-0.2, 0) is 0 Å². The van der Waals surface area contributed by atoms with E-state index in [0.717, 1.165) is 5.69 Å². The molecule has 1 fully saturated rings. The Bertz CT molecular complexity index is 379. The third kappa shape index (κ3) is 4.15. The van der Waals surface area contributed by atoms with Gasteiger partial charge in [-0.3, -0.25) is 0 Å². The highest BCUT2D eigenvalue weighted by Crippen LogP contribution is 2.22. The first-order chi connectivity index (χ1) is 8.34. The maximum atomic E-state index is 3.43. The lowest BCUT2D eigenvalue weighted by Crippen LogP contribution is -2.13. The number of para-hydroxylation sites is 1. The van der Waals surface area contributed by atoms with Crippen LogP contribution in [0.1, 0.15) is 39.0 Å². The second kappa shape index (κ2) is 6.35. The van der Waals surface area contributed by atoms with Gasteiger partial charge in [-0.1, -0.05) is 49.3 Å². The van der Waals surface area contributed by atoms with Crippen molar-refractivity contribution in [2.75, 3.05) is 5.32 Å². The molecule has 90 valence electrons. The molecular weight excluding hydrogens is 206 g/mol. The SMILES string of the molecule is C[C@H](C#CC1CCCCC1)Nc1ccccc1. The average molecular weight is 227 g/mol. The van der Waals surface area contributed by atoms with Gasteiger partial charge in [-0.2, -0.15) is 0 Å². The van der Waals surface area contributed by atoms with E-state index in [1.54, 1.807) is 0 Å². The number of anilines is 1. The summed E-state index contributed by atoms with van der Waals surface area (Å²) in [6, 6.07) is 10.5. The van der Waals surface area contributed by atoms with Gasteiger partial charge >= 0.3 is 0 Å². The fourth-order valence-electron chi connectivity index (χ4n) is 2.31. The van der Waals surface area contributed by atoms with Gasteiger partial charge in [0.1, 0.15) is 0 Å². The number of rotatable bonds is 2. The molecule has 1 N–H and O–H groups in total. The lowest BCUT2D eigenvalue weighted by atomic mass is 9.90. The average Bonchev–Trinajstić information content (AvgIpc) is 2.39. The monoisotopic (exact) mass is 227 g/mol. The molecule has 0 spiro atoms. The van der Waals surface area contributed by atoms with E-state index in [-0.39, 0.29) is 6.04 Å². The summed E-state index contributed by atoms with van der Waals surface area (Å²) >= 11 is 0. The van der Waals surface area contributed by atoms with Crippen molar-refractivity contribution in [3.8, 4) is 11.8 Å².